The van der Waals surface area contributed by atoms with Crippen molar-refractivity contribution in [3.05, 3.63) is 71.4 Å². The van der Waals surface area contributed by atoms with Gasteiger partial charge in [-0.2, -0.15) is 18.3 Å². The third-order valence-electron chi connectivity index (χ3n) is 6.94. The molecule has 2 aromatic carbocycles. The molecule has 0 radical (unpaired) electrons. The topological polar surface area (TPSA) is 62.6 Å². The molecule has 1 saturated heterocycles. The zero-order chi connectivity index (χ0) is 25.4. The number of carbonyl (C=O) groups excluding carboxylic acids is 1. The number of ether oxygens (including phenoxy) is 1. The number of carbonyl (C=O) groups is 1. The van der Waals surface area contributed by atoms with Crippen LogP contribution in [0.5, 0.6) is 5.75 Å². The highest BCUT2D eigenvalue weighted by Crippen LogP contribution is 2.44. The van der Waals surface area contributed by atoms with Crippen LogP contribution in [0.3, 0.4) is 0 Å². The van der Waals surface area contributed by atoms with E-state index in [4.69, 9.17) is 4.74 Å². The number of amides is 1. The van der Waals surface area contributed by atoms with Crippen LogP contribution in [0.1, 0.15) is 40.0 Å². The molecule has 0 aliphatic carbocycles. The number of anilines is 2. The van der Waals surface area contributed by atoms with E-state index in [1.54, 1.807) is 12.0 Å². The number of rotatable bonds is 4. The van der Waals surface area contributed by atoms with E-state index in [1.807, 2.05) is 55.5 Å². The van der Waals surface area contributed by atoms with E-state index in [0.717, 1.165) is 27.2 Å². The van der Waals surface area contributed by atoms with Gasteiger partial charge in [-0.05, 0) is 24.6 Å². The second kappa shape index (κ2) is 9.40. The van der Waals surface area contributed by atoms with Gasteiger partial charge < -0.3 is 19.9 Å². The third kappa shape index (κ3) is 4.47. The second-order valence-corrected chi connectivity index (χ2v) is 9.20. The van der Waals surface area contributed by atoms with Gasteiger partial charge in [0.1, 0.15) is 17.1 Å². The van der Waals surface area contributed by atoms with Gasteiger partial charge in [-0.25, -0.2) is 4.68 Å². The molecule has 3 heterocycles. The molecular weight excluding hydrogens is 471 g/mol. The Bertz CT molecular complexity index is 1230. The average Bonchev–Trinajstić information content (AvgIpc) is 3.31. The smallest absolute Gasteiger partial charge is 0.410 e. The fraction of sp³-hybridized carbons (Fsp3) is 0.385. The maximum Gasteiger partial charge on any atom is 0.410 e. The predicted molar refractivity (Wildman–Crippen MR) is 131 cm³/mol. The van der Waals surface area contributed by atoms with Crippen molar-refractivity contribution in [3.8, 4) is 5.75 Å². The van der Waals surface area contributed by atoms with Crippen LogP contribution >= 0.6 is 0 Å². The number of nitrogens with zero attached hydrogens (tertiary/aromatic N) is 4. The minimum Gasteiger partial charge on any atom is -0.495 e. The normalized spacial score (nSPS) is 20.0. The summed E-state index contributed by atoms with van der Waals surface area (Å²) < 4.78 is 48.4. The van der Waals surface area contributed by atoms with Crippen molar-refractivity contribution < 1.29 is 22.7 Å². The van der Waals surface area contributed by atoms with Crippen molar-refractivity contribution in [3.63, 3.8) is 0 Å². The fourth-order valence-corrected chi connectivity index (χ4v) is 4.95. The number of fused-ring (bicyclic) bond motifs is 1. The lowest BCUT2D eigenvalue weighted by Crippen LogP contribution is -2.49. The van der Waals surface area contributed by atoms with Gasteiger partial charge in [0, 0.05) is 32.6 Å². The summed E-state index contributed by atoms with van der Waals surface area (Å²) in [5, 5.41) is 7.19. The molecule has 0 bridgehead atoms. The van der Waals surface area contributed by atoms with Crippen LogP contribution < -0.4 is 15.0 Å². The van der Waals surface area contributed by atoms with Gasteiger partial charge in [0.2, 0.25) is 0 Å². The Labute approximate surface area is 207 Å². The summed E-state index contributed by atoms with van der Waals surface area (Å²) in [6.45, 7) is 3.97. The van der Waals surface area contributed by atoms with Gasteiger partial charge in [0.15, 0.2) is 6.04 Å². The van der Waals surface area contributed by atoms with E-state index in [2.05, 4.69) is 15.3 Å². The number of benzene rings is 2. The van der Waals surface area contributed by atoms with Gasteiger partial charge in [0.05, 0.1) is 25.0 Å². The van der Waals surface area contributed by atoms with Crippen molar-refractivity contribution in [2.75, 3.05) is 43.5 Å². The molecule has 0 unspecified atom stereocenters. The number of alkyl halides is 3. The molecule has 1 fully saturated rings. The monoisotopic (exact) mass is 499 g/mol. The van der Waals surface area contributed by atoms with E-state index in [9.17, 15) is 18.0 Å². The molecular formula is C26H28F3N5O2. The number of nitrogens with one attached hydrogen (secondary N) is 1. The highest BCUT2D eigenvalue weighted by molar-refractivity contribution is 5.99. The van der Waals surface area contributed by atoms with E-state index >= 15 is 0 Å². The first kappa shape index (κ1) is 24.0. The van der Waals surface area contributed by atoms with Crippen molar-refractivity contribution in [2.45, 2.75) is 31.6 Å². The van der Waals surface area contributed by atoms with Gasteiger partial charge in [-0.3, -0.25) is 4.79 Å². The molecule has 1 N–H and O–H groups in total. The number of hydrogen-bond donors (Lipinski definition) is 1. The summed E-state index contributed by atoms with van der Waals surface area (Å²) in [5.41, 5.74) is 2.87. The number of methoxy groups -OCH3 is 1. The summed E-state index contributed by atoms with van der Waals surface area (Å²) >= 11 is 0. The lowest BCUT2D eigenvalue weighted by atomic mass is 9.96. The zero-order valence-corrected chi connectivity index (χ0v) is 20.1. The molecule has 7 nitrogen and oxygen atoms in total. The van der Waals surface area contributed by atoms with Crippen LogP contribution in [0.2, 0.25) is 0 Å². The summed E-state index contributed by atoms with van der Waals surface area (Å²) in [6, 6.07) is 12.7. The van der Waals surface area contributed by atoms with E-state index in [0.29, 0.717) is 26.2 Å². The molecule has 5 rings (SSSR count). The Morgan fingerprint density at radius 3 is 2.42 bits per heavy atom. The van der Waals surface area contributed by atoms with Crippen LogP contribution in [0.4, 0.5) is 24.7 Å². The first-order valence-corrected chi connectivity index (χ1v) is 11.9. The van der Waals surface area contributed by atoms with Crippen LogP contribution in [-0.2, 0) is 0 Å². The SMILES string of the molecule is COc1ccccc1N1CCN(C(=O)c2cnn3c2N[C@@H](c2ccc(C)cc2)C[C@H]3C(F)(F)F)CC1. The Hall–Kier alpha value is -3.69. The quantitative estimate of drug-likeness (QED) is 0.558. The molecule has 0 spiro atoms. The van der Waals surface area contributed by atoms with Crippen LogP contribution in [0.25, 0.3) is 0 Å². The Morgan fingerprint density at radius 2 is 1.75 bits per heavy atom. The van der Waals surface area contributed by atoms with E-state index in [1.165, 1.54) is 6.20 Å². The molecule has 36 heavy (non-hydrogen) atoms. The lowest BCUT2D eigenvalue weighted by Gasteiger charge is -2.37. The summed E-state index contributed by atoms with van der Waals surface area (Å²) in [7, 11) is 1.62. The van der Waals surface area contributed by atoms with Gasteiger partial charge in [-0.15, -0.1) is 0 Å². The van der Waals surface area contributed by atoms with Crippen molar-refractivity contribution in [1.29, 1.82) is 0 Å². The first-order chi connectivity index (χ1) is 17.3. The molecule has 0 saturated carbocycles. The van der Waals surface area contributed by atoms with Gasteiger partial charge in [0.25, 0.3) is 5.91 Å². The van der Waals surface area contributed by atoms with Gasteiger partial charge in [-0.1, -0.05) is 42.0 Å². The average molecular weight is 500 g/mol. The molecule has 2 aliphatic rings. The number of halogens is 3. The molecule has 3 aromatic rings. The molecule has 10 heteroatoms. The predicted octanol–water partition coefficient (Wildman–Crippen LogP) is 4.82. The van der Waals surface area contributed by atoms with Crippen LogP contribution in [0.15, 0.2) is 54.7 Å². The van der Waals surface area contributed by atoms with Crippen LogP contribution in [-0.4, -0.2) is 60.1 Å². The summed E-state index contributed by atoms with van der Waals surface area (Å²) in [5.74, 6) is 0.549. The number of aromatic nitrogens is 2. The number of piperazine rings is 1. The summed E-state index contributed by atoms with van der Waals surface area (Å²) in [6.07, 6.45) is -3.44. The third-order valence-corrected chi connectivity index (χ3v) is 6.94. The highest BCUT2D eigenvalue weighted by atomic mass is 19.4. The standard InChI is InChI=1S/C26H28F3N5O2/c1-17-7-9-18(10-8-17)20-15-23(26(27,28)29)34-24(31-20)19(16-30-34)25(35)33-13-11-32(12-14-33)21-5-3-4-6-22(21)36-2/h3-10,16,20,23,31H,11-15H2,1-2H3/t20-,23+/m1/s1. The molecule has 2 aliphatic heterocycles. The van der Waals surface area contributed by atoms with E-state index in [-0.39, 0.29) is 23.7 Å². The number of aryl methyl sites for hydroxylation is 1. The molecule has 190 valence electrons. The first-order valence-electron chi connectivity index (χ1n) is 11.9. The highest BCUT2D eigenvalue weighted by Gasteiger charge is 2.47. The summed E-state index contributed by atoms with van der Waals surface area (Å²) in [4.78, 5) is 17.3. The van der Waals surface area contributed by atoms with Crippen LogP contribution in [0, 0.1) is 6.92 Å². The van der Waals surface area contributed by atoms with Crippen molar-refractivity contribution >= 4 is 17.4 Å². The molecule has 1 amide bonds. The Balaban J connectivity index is 1.37. The van der Waals surface area contributed by atoms with Crippen molar-refractivity contribution in [1.82, 2.24) is 14.7 Å². The van der Waals surface area contributed by atoms with Gasteiger partial charge >= 0.3 is 6.18 Å². The Kier molecular flexibility index (Phi) is 6.27. The lowest BCUT2D eigenvalue weighted by molar-refractivity contribution is -0.173. The maximum atomic E-state index is 14.0. The minimum atomic E-state index is -4.49. The fourth-order valence-electron chi connectivity index (χ4n) is 4.95. The number of para-hydroxylation sites is 2. The zero-order valence-electron chi connectivity index (χ0n) is 20.1. The second-order valence-electron chi connectivity index (χ2n) is 9.20. The Morgan fingerprint density at radius 1 is 1.06 bits per heavy atom. The largest absolute Gasteiger partial charge is 0.495 e. The maximum absolute atomic E-state index is 14.0. The van der Waals surface area contributed by atoms with Crippen molar-refractivity contribution in [2.24, 2.45) is 0 Å². The molecule has 1 aromatic heterocycles. The minimum absolute atomic E-state index is 0.117. The van der Waals surface area contributed by atoms with E-state index < -0.39 is 18.3 Å². The number of hydrogen-bond acceptors (Lipinski definition) is 5. The molecule has 2 atom stereocenters.